The van der Waals surface area contributed by atoms with Gasteiger partial charge in [-0.05, 0) is 66.8 Å². The maximum Gasteiger partial charge on any atom is 0.250 e. The lowest BCUT2D eigenvalue weighted by molar-refractivity contribution is -0.118. The van der Waals surface area contributed by atoms with Crippen molar-refractivity contribution in [2.75, 3.05) is 5.75 Å². The number of benzene rings is 3. The smallest absolute Gasteiger partial charge is 0.250 e. The van der Waals surface area contributed by atoms with Gasteiger partial charge in [-0.15, -0.1) is 10.2 Å². The lowest BCUT2D eigenvalue weighted by atomic mass is 9.87. The summed E-state index contributed by atoms with van der Waals surface area (Å²) in [5.41, 5.74) is 8.38. The second-order valence-electron chi connectivity index (χ2n) is 9.87. The first-order valence-electron chi connectivity index (χ1n) is 12.0. The van der Waals surface area contributed by atoms with Gasteiger partial charge in [0.2, 0.25) is 0 Å². The van der Waals surface area contributed by atoms with Gasteiger partial charge in [0.15, 0.2) is 11.0 Å². The highest BCUT2D eigenvalue weighted by Gasteiger charge is 2.19. The van der Waals surface area contributed by atoms with Crippen LogP contribution in [0, 0.1) is 6.92 Å². The molecule has 0 aliphatic rings. The minimum Gasteiger partial charge on any atom is -0.508 e. The quantitative estimate of drug-likeness (QED) is 0.183. The fourth-order valence-electron chi connectivity index (χ4n) is 3.67. The molecule has 0 saturated carbocycles. The first kappa shape index (κ1) is 26.2. The van der Waals surface area contributed by atoms with Gasteiger partial charge < -0.3 is 5.11 Å². The van der Waals surface area contributed by atoms with E-state index >= 15 is 0 Å². The number of amides is 1. The molecular formula is C29H31N5O2S. The Bertz CT molecular complexity index is 1400. The highest BCUT2D eigenvalue weighted by molar-refractivity contribution is 7.99. The minimum absolute atomic E-state index is 0.0562. The average Bonchev–Trinajstić information content (AvgIpc) is 3.30. The molecule has 0 saturated heterocycles. The maximum absolute atomic E-state index is 12.6. The second kappa shape index (κ2) is 11.0. The number of hydrazone groups is 1. The lowest BCUT2D eigenvalue weighted by Gasteiger charge is -2.19. The first-order valence-corrected chi connectivity index (χ1v) is 13.0. The third-order valence-corrected chi connectivity index (χ3v) is 6.83. The topological polar surface area (TPSA) is 92.4 Å². The zero-order chi connectivity index (χ0) is 26.6. The van der Waals surface area contributed by atoms with Crippen molar-refractivity contribution in [3.63, 3.8) is 0 Å². The predicted octanol–water partition coefficient (Wildman–Crippen LogP) is 5.88. The van der Waals surface area contributed by atoms with Crippen LogP contribution in [0.4, 0.5) is 0 Å². The van der Waals surface area contributed by atoms with Gasteiger partial charge in [0, 0.05) is 11.3 Å². The summed E-state index contributed by atoms with van der Waals surface area (Å²) in [5.74, 6) is 0.768. The Balaban J connectivity index is 1.55. The molecule has 4 rings (SSSR count). The second-order valence-corrected chi connectivity index (χ2v) is 10.8. The van der Waals surface area contributed by atoms with Crippen molar-refractivity contribution in [1.82, 2.24) is 20.2 Å². The Hall–Kier alpha value is -3.91. The fourth-order valence-corrected chi connectivity index (χ4v) is 4.42. The molecule has 0 aliphatic heterocycles. The summed E-state index contributed by atoms with van der Waals surface area (Å²) in [6.07, 6.45) is 0. The van der Waals surface area contributed by atoms with Crippen molar-refractivity contribution in [1.29, 1.82) is 0 Å². The number of thioether (sulfide) groups is 1. The number of hydrogen-bond donors (Lipinski definition) is 2. The van der Waals surface area contributed by atoms with Crippen LogP contribution in [-0.4, -0.2) is 37.2 Å². The summed E-state index contributed by atoms with van der Waals surface area (Å²) in [4.78, 5) is 12.6. The number of aromatic nitrogens is 3. The zero-order valence-corrected chi connectivity index (χ0v) is 22.5. The summed E-state index contributed by atoms with van der Waals surface area (Å²) >= 11 is 1.30. The van der Waals surface area contributed by atoms with Gasteiger partial charge in [-0.25, -0.2) is 5.43 Å². The molecule has 1 heterocycles. The summed E-state index contributed by atoms with van der Waals surface area (Å²) in [7, 11) is 0. The van der Waals surface area contributed by atoms with Gasteiger partial charge in [-0.2, -0.15) is 5.10 Å². The van der Waals surface area contributed by atoms with E-state index in [2.05, 4.69) is 65.8 Å². The normalized spacial score (nSPS) is 12.0. The Morgan fingerprint density at radius 1 is 0.973 bits per heavy atom. The van der Waals surface area contributed by atoms with E-state index < -0.39 is 0 Å². The van der Waals surface area contributed by atoms with E-state index in [0.717, 1.165) is 22.4 Å². The zero-order valence-electron chi connectivity index (χ0n) is 21.7. The molecule has 0 spiro atoms. The van der Waals surface area contributed by atoms with E-state index in [4.69, 9.17) is 0 Å². The molecule has 0 bridgehead atoms. The Morgan fingerprint density at radius 2 is 1.62 bits per heavy atom. The minimum atomic E-state index is -0.252. The van der Waals surface area contributed by atoms with E-state index in [0.29, 0.717) is 16.7 Å². The molecule has 0 fully saturated rings. The molecular weight excluding hydrogens is 482 g/mol. The standard InChI is InChI=1S/C29H31N5O2S/c1-19-6-14-24(15-7-19)34-27(22-8-12-23(13-9-22)29(3,4)5)32-33-28(34)37-18-26(36)31-30-20(2)21-10-16-25(35)17-11-21/h6-17,35H,18H2,1-5H3,(H,31,36)/b30-20-. The first-order chi connectivity index (χ1) is 17.6. The van der Waals surface area contributed by atoms with Crippen LogP contribution >= 0.6 is 11.8 Å². The van der Waals surface area contributed by atoms with Crippen LogP contribution < -0.4 is 5.43 Å². The van der Waals surface area contributed by atoms with Crippen LogP contribution in [0.5, 0.6) is 5.75 Å². The molecule has 0 unspecified atom stereocenters. The molecule has 1 aromatic heterocycles. The van der Waals surface area contributed by atoms with E-state index in [1.807, 2.05) is 35.8 Å². The van der Waals surface area contributed by atoms with Crippen molar-refractivity contribution < 1.29 is 9.90 Å². The summed E-state index contributed by atoms with van der Waals surface area (Å²) < 4.78 is 1.98. The van der Waals surface area contributed by atoms with Gasteiger partial charge in [0.1, 0.15) is 5.75 Å². The largest absolute Gasteiger partial charge is 0.508 e. The van der Waals surface area contributed by atoms with E-state index in [1.165, 1.54) is 17.3 Å². The summed E-state index contributed by atoms with van der Waals surface area (Å²) in [5, 5.41) is 23.2. The molecule has 7 nitrogen and oxygen atoms in total. The average molecular weight is 514 g/mol. The molecule has 2 N–H and O–H groups in total. The number of carbonyl (C=O) groups is 1. The van der Waals surface area contributed by atoms with Gasteiger partial charge in [0.25, 0.3) is 5.91 Å². The SMILES string of the molecule is C/C(=N/NC(=O)CSc1nnc(-c2ccc(C(C)(C)C)cc2)n1-c1ccc(C)cc1)c1ccc(O)cc1. The van der Waals surface area contributed by atoms with Gasteiger partial charge in [-0.3, -0.25) is 9.36 Å². The molecule has 3 aromatic carbocycles. The van der Waals surface area contributed by atoms with Crippen molar-refractivity contribution >= 4 is 23.4 Å². The van der Waals surface area contributed by atoms with E-state index in [-0.39, 0.29) is 22.8 Å². The van der Waals surface area contributed by atoms with Crippen molar-refractivity contribution in [2.45, 2.75) is 45.2 Å². The number of phenols is 1. The number of nitrogens with zero attached hydrogens (tertiary/aromatic N) is 4. The van der Waals surface area contributed by atoms with Crippen LogP contribution in [0.3, 0.4) is 0 Å². The van der Waals surface area contributed by atoms with Gasteiger partial charge in [-0.1, -0.05) is 74.5 Å². The number of phenolic OH excluding ortho intramolecular Hbond substituents is 1. The number of nitrogens with one attached hydrogen (secondary N) is 1. The fraction of sp³-hybridized carbons (Fsp3) is 0.241. The highest BCUT2D eigenvalue weighted by atomic mass is 32.2. The Labute approximate surface area is 221 Å². The Morgan fingerprint density at radius 3 is 2.24 bits per heavy atom. The molecule has 4 aromatic rings. The third kappa shape index (κ3) is 6.46. The van der Waals surface area contributed by atoms with E-state index in [1.54, 1.807) is 31.2 Å². The molecule has 0 atom stereocenters. The maximum atomic E-state index is 12.6. The number of carbonyl (C=O) groups excluding carboxylic acids is 1. The molecule has 190 valence electrons. The summed E-state index contributed by atoms with van der Waals surface area (Å²) in [6, 6.07) is 23.2. The number of aromatic hydroxyl groups is 1. The van der Waals surface area contributed by atoms with Crippen molar-refractivity contribution in [2.24, 2.45) is 5.10 Å². The molecule has 8 heteroatoms. The number of hydrogen-bond acceptors (Lipinski definition) is 6. The molecule has 1 amide bonds. The van der Waals surface area contributed by atoms with Crippen LogP contribution in [0.1, 0.15) is 44.4 Å². The van der Waals surface area contributed by atoms with Crippen LogP contribution in [0.2, 0.25) is 0 Å². The van der Waals surface area contributed by atoms with Gasteiger partial charge >= 0.3 is 0 Å². The highest BCUT2D eigenvalue weighted by Crippen LogP contribution is 2.30. The number of rotatable bonds is 7. The third-order valence-electron chi connectivity index (χ3n) is 5.90. The van der Waals surface area contributed by atoms with Gasteiger partial charge in [0.05, 0.1) is 11.5 Å². The molecule has 0 aliphatic carbocycles. The predicted molar refractivity (Wildman–Crippen MR) is 149 cm³/mol. The van der Waals surface area contributed by atoms with Crippen LogP contribution in [-0.2, 0) is 10.2 Å². The van der Waals surface area contributed by atoms with Crippen molar-refractivity contribution in [3.8, 4) is 22.8 Å². The van der Waals surface area contributed by atoms with Crippen LogP contribution in [0.15, 0.2) is 83.1 Å². The summed E-state index contributed by atoms with van der Waals surface area (Å²) in [6.45, 7) is 10.4. The van der Waals surface area contributed by atoms with Crippen molar-refractivity contribution in [3.05, 3.63) is 89.5 Å². The monoisotopic (exact) mass is 513 g/mol. The number of aryl methyl sites for hydroxylation is 1. The Kier molecular flexibility index (Phi) is 7.78. The molecule has 37 heavy (non-hydrogen) atoms. The molecule has 0 radical (unpaired) electrons. The van der Waals surface area contributed by atoms with E-state index in [9.17, 15) is 9.90 Å². The van der Waals surface area contributed by atoms with Crippen LogP contribution in [0.25, 0.3) is 17.1 Å². The lowest BCUT2D eigenvalue weighted by Crippen LogP contribution is -2.21.